The number of hydrogen-bond donors (Lipinski definition) is 1. The van der Waals surface area contributed by atoms with Crippen LogP contribution in [-0.4, -0.2) is 16.9 Å². The normalized spacial score (nSPS) is 18.6. The molecule has 1 aliphatic rings. The number of anilines is 1. The molecule has 1 atom stereocenters. The average molecular weight is 233 g/mol. The summed E-state index contributed by atoms with van der Waals surface area (Å²) in [6.07, 6.45) is 1.27. The number of rotatable bonds is 2. The molecule has 1 N–H and O–H groups in total. The number of ketones is 1. The maximum atomic E-state index is 11.5. The van der Waals surface area contributed by atoms with E-state index >= 15 is 0 Å². The molecular weight excluding hydrogens is 222 g/mol. The summed E-state index contributed by atoms with van der Waals surface area (Å²) in [6, 6.07) is 5.29. The second-order valence-electron chi connectivity index (χ2n) is 3.53. The Morgan fingerprint density at radius 1 is 1.56 bits per heavy atom. The van der Waals surface area contributed by atoms with Crippen LogP contribution >= 0.6 is 11.8 Å². The Bertz CT molecular complexity index is 482. The summed E-state index contributed by atoms with van der Waals surface area (Å²) in [5, 5.41) is 2.69. The predicted octanol–water partition coefficient (Wildman–Crippen LogP) is 2.49. The monoisotopic (exact) mass is 233 g/mol. The Morgan fingerprint density at radius 3 is 3.00 bits per heavy atom. The minimum Gasteiger partial charge on any atom is -0.324 e. The van der Waals surface area contributed by atoms with Crippen molar-refractivity contribution in [1.29, 1.82) is 0 Å². The molecule has 0 spiro atoms. The van der Waals surface area contributed by atoms with E-state index in [1.54, 1.807) is 12.1 Å². The van der Waals surface area contributed by atoms with E-state index in [4.69, 9.17) is 0 Å². The number of fused-ring (bicyclic) bond motifs is 1. The van der Waals surface area contributed by atoms with Gasteiger partial charge in [-0.3, -0.25) is 9.59 Å². The molecule has 1 aromatic carbocycles. The molecule has 0 bridgehead atoms. The van der Waals surface area contributed by atoms with Crippen molar-refractivity contribution < 1.29 is 9.59 Å². The largest absolute Gasteiger partial charge is 0.324 e. The number of thioether (sulfide) groups is 1. The van der Waals surface area contributed by atoms with E-state index in [2.05, 4.69) is 11.9 Å². The van der Waals surface area contributed by atoms with Crippen LogP contribution < -0.4 is 5.32 Å². The van der Waals surface area contributed by atoms with E-state index in [1.165, 1.54) is 17.8 Å². The van der Waals surface area contributed by atoms with Crippen LogP contribution in [0.3, 0.4) is 0 Å². The van der Waals surface area contributed by atoms with Crippen molar-refractivity contribution in [3.05, 3.63) is 36.4 Å². The van der Waals surface area contributed by atoms with Crippen LogP contribution in [0, 0.1) is 0 Å². The molecular formula is C12H11NO2S. The zero-order chi connectivity index (χ0) is 11.7. The van der Waals surface area contributed by atoms with E-state index in [1.807, 2.05) is 13.0 Å². The molecule has 4 heteroatoms. The zero-order valence-corrected chi connectivity index (χ0v) is 9.64. The smallest absolute Gasteiger partial charge is 0.237 e. The number of carbonyl (C=O) groups excluding carboxylic acids is 2. The van der Waals surface area contributed by atoms with Gasteiger partial charge in [0.1, 0.15) is 0 Å². The van der Waals surface area contributed by atoms with Gasteiger partial charge in [0.2, 0.25) is 5.91 Å². The van der Waals surface area contributed by atoms with Crippen molar-refractivity contribution in [1.82, 2.24) is 0 Å². The lowest BCUT2D eigenvalue weighted by atomic mass is 10.1. The van der Waals surface area contributed by atoms with Crippen molar-refractivity contribution in [3.63, 3.8) is 0 Å². The van der Waals surface area contributed by atoms with E-state index in [9.17, 15) is 9.59 Å². The van der Waals surface area contributed by atoms with Crippen molar-refractivity contribution in [3.8, 4) is 0 Å². The van der Waals surface area contributed by atoms with Crippen LogP contribution in [0.4, 0.5) is 5.69 Å². The van der Waals surface area contributed by atoms with Gasteiger partial charge in [-0.1, -0.05) is 6.58 Å². The average Bonchev–Trinajstić information content (AvgIpc) is 2.29. The summed E-state index contributed by atoms with van der Waals surface area (Å²) in [6.45, 7) is 5.29. The van der Waals surface area contributed by atoms with Crippen LogP contribution in [-0.2, 0) is 4.79 Å². The second kappa shape index (κ2) is 4.14. The molecule has 1 heterocycles. The summed E-state index contributed by atoms with van der Waals surface area (Å²) in [4.78, 5) is 23.9. The molecule has 1 aromatic rings. The summed E-state index contributed by atoms with van der Waals surface area (Å²) in [7, 11) is 0. The van der Waals surface area contributed by atoms with Gasteiger partial charge in [-0.05, 0) is 31.2 Å². The van der Waals surface area contributed by atoms with Gasteiger partial charge in [-0.2, -0.15) is 0 Å². The molecule has 3 nitrogen and oxygen atoms in total. The summed E-state index contributed by atoms with van der Waals surface area (Å²) >= 11 is 1.50. The van der Waals surface area contributed by atoms with E-state index in [0.29, 0.717) is 11.3 Å². The van der Waals surface area contributed by atoms with Crippen LogP contribution in [0.15, 0.2) is 35.7 Å². The van der Waals surface area contributed by atoms with Gasteiger partial charge in [0, 0.05) is 10.5 Å². The molecule has 0 aliphatic carbocycles. The first kappa shape index (κ1) is 11.0. The maximum absolute atomic E-state index is 11.5. The minimum absolute atomic E-state index is 0.0271. The highest BCUT2D eigenvalue weighted by atomic mass is 32.2. The van der Waals surface area contributed by atoms with Crippen molar-refractivity contribution >= 4 is 29.1 Å². The number of allylic oxidation sites excluding steroid dienone is 1. The van der Waals surface area contributed by atoms with Gasteiger partial charge in [0.15, 0.2) is 5.78 Å². The van der Waals surface area contributed by atoms with Gasteiger partial charge >= 0.3 is 0 Å². The number of benzene rings is 1. The first-order valence-corrected chi connectivity index (χ1v) is 5.78. The van der Waals surface area contributed by atoms with Gasteiger partial charge in [-0.25, -0.2) is 0 Å². The molecule has 0 saturated carbocycles. The Hall–Kier alpha value is -1.55. The molecule has 16 heavy (non-hydrogen) atoms. The zero-order valence-electron chi connectivity index (χ0n) is 8.82. The third-order valence-corrected chi connectivity index (χ3v) is 3.56. The third-order valence-electron chi connectivity index (χ3n) is 2.38. The standard InChI is InChI=1S/C12H11NO2S/c1-3-10(14)8-4-5-11-9(6-8)13-12(15)7(2)16-11/h3-7H,1H2,2H3,(H,13,15). The van der Waals surface area contributed by atoms with E-state index in [-0.39, 0.29) is 16.9 Å². The molecule has 0 radical (unpaired) electrons. The summed E-state index contributed by atoms with van der Waals surface area (Å²) < 4.78 is 0. The first-order chi connectivity index (χ1) is 7.61. The Morgan fingerprint density at radius 2 is 2.31 bits per heavy atom. The number of hydrogen-bond acceptors (Lipinski definition) is 3. The van der Waals surface area contributed by atoms with Crippen molar-refractivity contribution in [2.24, 2.45) is 0 Å². The number of carbonyl (C=O) groups is 2. The second-order valence-corrected chi connectivity index (χ2v) is 4.91. The molecule has 82 valence electrons. The third kappa shape index (κ3) is 1.88. The minimum atomic E-state index is -0.138. The predicted molar refractivity (Wildman–Crippen MR) is 64.9 cm³/mol. The van der Waals surface area contributed by atoms with Crippen molar-refractivity contribution in [2.45, 2.75) is 17.1 Å². The topological polar surface area (TPSA) is 46.2 Å². The molecule has 0 saturated heterocycles. The van der Waals surface area contributed by atoms with Crippen molar-refractivity contribution in [2.75, 3.05) is 5.32 Å². The quantitative estimate of drug-likeness (QED) is 0.630. The van der Waals surface area contributed by atoms with Crippen LogP contribution in [0.1, 0.15) is 17.3 Å². The van der Waals surface area contributed by atoms with Gasteiger partial charge in [-0.15, -0.1) is 11.8 Å². The lowest BCUT2D eigenvalue weighted by Crippen LogP contribution is -2.26. The van der Waals surface area contributed by atoms with Crippen LogP contribution in [0.25, 0.3) is 0 Å². The molecule has 0 aromatic heterocycles. The number of nitrogens with one attached hydrogen (secondary N) is 1. The van der Waals surface area contributed by atoms with Crippen LogP contribution in [0.2, 0.25) is 0 Å². The lowest BCUT2D eigenvalue weighted by Gasteiger charge is -2.21. The molecule has 0 fully saturated rings. The first-order valence-electron chi connectivity index (χ1n) is 4.90. The highest BCUT2D eigenvalue weighted by Crippen LogP contribution is 2.35. The van der Waals surface area contributed by atoms with E-state index in [0.717, 1.165) is 4.90 Å². The fourth-order valence-corrected chi connectivity index (χ4v) is 2.41. The molecule has 1 aliphatic heterocycles. The highest BCUT2D eigenvalue weighted by Gasteiger charge is 2.23. The molecule has 2 rings (SSSR count). The summed E-state index contributed by atoms with van der Waals surface area (Å²) in [5.41, 5.74) is 1.25. The number of amides is 1. The van der Waals surface area contributed by atoms with E-state index < -0.39 is 0 Å². The summed E-state index contributed by atoms with van der Waals surface area (Å²) in [5.74, 6) is -0.165. The fraction of sp³-hybridized carbons (Fsp3) is 0.167. The SMILES string of the molecule is C=CC(=O)c1ccc2c(c1)NC(=O)C(C)S2. The lowest BCUT2D eigenvalue weighted by molar-refractivity contribution is -0.115. The Kier molecular flexibility index (Phi) is 2.83. The van der Waals surface area contributed by atoms with Gasteiger partial charge in [0.05, 0.1) is 10.9 Å². The van der Waals surface area contributed by atoms with Crippen LogP contribution in [0.5, 0.6) is 0 Å². The highest BCUT2D eigenvalue weighted by molar-refractivity contribution is 8.00. The Balaban J connectivity index is 2.40. The fourth-order valence-electron chi connectivity index (χ4n) is 1.48. The maximum Gasteiger partial charge on any atom is 0.237 e. The molecule has 1 amide bonds. The van der Waals surface area contributed by atoms with Gasteiger partial charge < -0.3 is 5.32 Å². The Labute approximate surface area is 97.9 Å². The van der Waals surface area contributed by atoms with Gasteiger partial charge in [0.25, 0.3) is 0 Å². The molecule has 1 unspecified atom stereocenters.